The molecule has 0 aliphatic carbocycles. The molecule has 1 fully saturated rings. The molecule has 0 spiro atoms. The lowest BCUT2D eigenvalue weighted by Crippen LogP contribution is -2.33. The van der Waals surface area contributed by atoms with Gasteiger partial charge in [-0.25, -0.2) is 0 Å². The normalized spacial score (nSPS) is 17.8. The van der Waals surface area contributed by atoms with Crippen molar-refractivity contribution < 1.29 is 23.9 Å². The van der Waals surface area contributed by atoms with E-state index >= 15 is 0 Å². The van der Waals surface area contributed by atoms with E-state index in [0.29, 0.717) is 27.1 Å². The number of halogens is 1. The summed E-state index contributed by atoms with van der Waals surface area (Å²) in [6, 6.07) is 3.27. The van der Waals surface area contributed by atoms with E-state index < -0.39 is 23.7 Å². The second kappa shape index (κ2) is 4.99. The third kappa shape index (κ3) is 2.65. The van der Waals surface area contributed by atoms with Crippen molar-refractivity contribution >= 4 is 50.9 Å². The average molecular weight is 332 g/mol. The van der Waals surface area contributed by atoms with Crippen LogP contribution in [0.4, 0.5) is 4.79 Å². The zero-order valence-electron chi connectivity index (χ0n) is 8.75. The van der Waals surface area contributed by atoms with E-state index in [1.54, 1.807) is 12.1 Å². The van der Waals surface area contributed by atoms with Crippen LogP contribution in [0.15, 0.2) is 26.1 Å². The van der Waals surface area contributed by atoms with Gasteiger partial charge < -0.3 is 9.52 Å². The van der Waals surface area contributed by atoms with Gasteiger partial charge >= 0.3 is 5.97 Å². The summed E-state index contributed by atoms with van der Waals surface area (Å²) >= 11 is 3.80. The Morgan fingerprint density at radius 1 is 1.50 bits per heavy atom. The molecule has 1 aliphatic rings. The first kappa shape index (κ1) is 12.9. The van der Waals surface area contributed by atoms with Crippen LogP contribution < -0.4 is 0 Å². The van der Waals surface area contributed by atoms with Gasteiger partial charge in [0.05, 0.1) is 4.91 Å². The SMILES string of the molecule is O=C(O)CN1C(=O)S/C(=C/c2ccc(Br)o2)C1=O. The van der Waals surface area contributed by atoms with Gasteiger partial charge in [0.25, 0.3) is 11.1 Å². The van der Waals surface area contributed by atoms with Crippen molar-refractivity contribution in [3.8, 4) is 0 Å². The Labute approximate surface area is 114 Å². The molecule has 0 unspecified atom stereocenters. The Balaban J connectivity index is 2.22. The Morgan fingerprint density at radius 2 is 2.22 bits per heavy atom. The van der Waals surface area contributed by atoms with Crippen LogP contribution in [-0.2, 0) is 9.59 Å². The van der Waals surface area contributed by atoms with Gasteiger partial charge in [0.2, 0.25) is 0 Å². The minimum atomic E-state index is -1.24. The number of carbonyl (C=O) groups is 3. The molecule has 0 aromatic carbocycles. The Kier molecular flexibility index (Phi) is 3.58. The van der Waals surface area contributed by atoms with Crippen molar-refractivity contribution in [2.45, 2.75) is 0 Å². The van der Waals surface area contributed by atoms with E-state index in [0.717, 1.165) is 0 Å². The van der Waals surface area contributed by atoms with Crippen LogP contribution in [0.5, 0.6) is 0 Å². The quantitative estimate of drug-likeness (QED) is 0.854. The molecule has 1 aromatic rings. The summed E-state index contributed by atoms with van der Waals surface area (Å²) in [7, 11) is 0. The summed E-state index contributed by atoms with van der Waals surface area (Å²) in [5, 5.41) is 7.99. The molecule has 1 aromatic heterocycles. The zero-order chi connectivity index (χ0) is 13.3. The molecule has 0 radical (unpaired) electrons. The number of carboxylic acids is 1. The van der Waals surface area contributed by atoms with E-state index in [1.165, 1.54) is 6.08 Å². The smallest absolute Gasteiger partial charge is 0.323 e. The topological polar surface area (TPSA) is 87.8 Å². The molecular weight excluding hydrogens is 326 g/mol. The van der Waals surface area contributed by atoms with Crippen LogP contribution in [0.1, 0.15) is 5.76 Å². The largest absolute Gasteiger partial charge is 0.480 e. The molecule has 0 bridgehead atoms. The van der Waals surface area contributed by atoms with Crippen molar-refractivity contribution in [3.63, 3.8) is 0 Å². The monoisotopic (exact) mass is 331 g/mol. The third-order valence-electron chi connectivity index (χ3n) is 2.03. The molecule has 0 atom stereocenters. The summed E-state index contributed by atoms with van der Waals surface area (Å²) < 4.78 is 5.67. The number of hydrogen-bond acceptors (Lipinski definition) is 5. The van der Waals surface area contributed by atoms with Gasteiger partial charge in [-0.15, -0.1) is 0 Å². The van der Waals surface area contributed by atoms with Gasteiger partial charge in [0.15, 0.2) is 4.67 Å². The molecule has 1 N–H and O–H groups in total. The number of imide groups is 1. The standard InChI is InChI=1S/C10H6BrNO5S/c11-7-2-1-5(17-7)3-6-9(15)12(4-8(13)14)10(16)18-6/h1-3H,4H2,(H,13,14)/b6-3+. The van der Waals surface area contributed by atoms with Crippen LogP contribution >= 0.6 is 27.7 Å². The van der Waals surface area contributed by atoms with Crippen molar-refractivity contribution in [1.82, 2.24) is 4.90 Å². The molecule has 0 saturated carbocycles. The lowest BCUT2D eigenvalue weighted by Gasteiger charge is -2.07. The number of carbonyl (C=O) groups excluding carboxylic acids is 2. The number of amides is 2. The predicted octanol–water partition coefficient (Wildman–Crippen LogP) is 2.16. The molecule has 2 heterocycles. The van der Waals surface area contributed by atoms with E-state index in [4.69, 9.17) is 9.52 Å². The van der Waals surface area contributed by atoms with Crippen LogP contribution in [0, 0.1) is 0 Å². The highest BCUT2D eigenvalue weighted by Crippen LogP contribution is 2.32. The number of nitrogens with zero attached hydrogens (tertiary/aromatic N) is 1. The van der Waals surface area contributed by atoms with Crippen LogP contribution in [0.2, 0.25) is 0 Å². The van der Waals surface area contributed by atoms with Crippen LogP contribution in [0.3, 0.4) is 0 Å². The summed E-state index contributed by atoms with van der Waals surface area (Å²) in [5.74, 6) is -1.46. The minimum Gasteiger partial charge on any atom is -0.480 e. The predicted molar refractivity (Wildman–Crippen MR) is 66.7 cm³/mol. The molecule has 1 aliphatic heterocycles. The molecule has 1 saturated heterocycles. The molecule has 8 heteroatoms. The van der Waals surface area contributed by atoms with Gasteiger partial charge in [-0.1, -0.05) is 0 Å². The van der Waals surface area contributed by atoms with Crippen molar-refractivity contribution in [1.29, 1.82) is 0 Å². The van der Waals surface area contributed by atoms with Crippen molar-refractivity contribution in [3.05, 3.63) is 27.5 Å². The number of furan rings is 1. The summed E-state index contributed by atoms with van der Waals surface area (Å²) in [4.78, 5) is 34.5. The Bertz CT molecular complexity index is 564. The summed E-state index contributed by atoms with van der Waals surface area (Å²) in [6.07, 6.45) is 1.40. The fraction of sp³-hybridized carbons (Fsp3) is 0.100. The number of thioether (sulfide) groups is 1. The minimum absolute atomic E-state index is 0.142. The summed E-state index contributed by atoms with van der Waals surface area (Å²) in [6.45, 7) is -0.635. The first-order valence-corrected chi connectivity index (χ1v) is 6.31. The average Bonchev–Trinajstić information content (AvgIpc) is 2.78. The maximum atomic E-state index is 11.8. The third-order valence-corrected chi connectivity index (χ3v) is 3.37. The molecule has 18 heavy (non-hydrogen) atoms. The highest BCUT2D eigenvalue weighted by atomic mass is 79.9. The Morgan fingerprint density at radius 3 is 2.78 bits per heavy atom. The van der Waals surface area contributed by atoms with Gasteiger partial charge in [0, 0.05) is 6.08 Å². The number of hydrogen-bond donors (Lipinski definition) is 1. The van der Waals surface area contributed by atoms with Crippen molar-refractivity contribution in [2.24, 2.45) is 0 Å². The highest BCUT2D eigenvalue weighted by Gasteiger charge is 2.36. The first-order chi connectivity index (χ1) is 8.47. The summed E-state index contributed by atoms with van der Waals surface area (Å²) in [5.41, 5.74) is 0. The molecule has 2 rings (SSSR count). The fourth-order valence-corrected chi connectivity index (χ4v) is 2.44. The van der Waals surface area contributed by atoms with Crippen LogP contribution in [0.25, 0.3) is 6.08 Å². The van der Waals surface area contributed by atoms with E-state index in [9.17, 15) is 14.4 Å². The number of aliphatic carboxylic acids is 1. The lowest BCUT2D eigenvalue weighted by atomic mass is 10.3. The van der Waals surface area contributed by atoms with E-state index in [-0.39, 0.29) is 4.91 Å². The van der Waals surface area contributed by atoms with Crippen LogP contribution in [-0.4, -0.2) is 33.7 Å². The van der Waals surface area contributed by atoms with Gasteiger partial charge in [-0.05, 0) is 39.8 Å². The number of carboxylic acid groups (broad SMARTS) is 1. The van der Waals surface area contributed by atoms with E-state index in [2.05, 4.69) is 15.9 Å². The van der Waals surface area contributed by atoms with E-state index in [1.807, 2.05) is 0 Å². The second-order valence-corrected chi connectivity index (χ2v) is 5.08. The maximum absolute atomic E-state index is 11.8. The van der Waals surface area contributed by atoms with Gasteiger partial charge in [0.1, 0.15) is 12.3 Å². The van der Waals surface area contributed by atoms with Crippen molar-refractivity contribution in [2.75, 3.05) is 6.54 Å². The molecule has 6 nitrogen and oxygen atoms in total. The fourth-order valence-electron chi connectivity index (χ4n) is 1.31. The lowest BCUT2D eigenvalue weighted by molar-refractivity contribution is -0.140. The molecular formula is C10H6BrNO5S. The van der Waals surface area contributed by atoms with Gasteiger partial charge in [-0.3, -0.25) is 19.3 Å². The number of rotatable bonds is 3. The molecule has 2 amide bonds. The second-order valence-electron chi connectivity index (χ2n) is 3.30. The first-order valence-electron chi connectivity index (χ1n) is 4.70. The highest BCUT2D eigenvalue weighted by molar-refractivity contribution is 9.10. The molecule has 94 valence electrons. The zero-order valence-corrected chi connectivity index (χ0v) is 11.2. The Hall–Kier alpha value is -1.54. The van der Waals surface area contributed by atoms with Gasteiger partial charge in [-0.2, -0.15) is 0 Å². The maximum Gasteiger partial charge on any atom is 0.323 e.